The summed E-state index contributed by atoms with van der Waals surface area (Å²) in [6.45, 7) is 10.4. The Morgan fingerprint density at radius 2 is 1.91 bits per heavy atom. The Labute approximate surface area is 145 Å². The van der Waals surface area contributed by atoms with Crippen LogP contribution in [0.1, 0.15) is 30.7 Å². The van der Waals surface area contributed by atoms with Crippen LogP contribution in [0.15, 0.2) is 42.5 Å². The second-order valence-electron chi connectivity index (χ2n) is 6.15. The van der Waals surface area contributed by atoms with Crippen LogP contribution in [-0.4, -0.2) is 4.98 Å². The third kappa shape index (κ3) is 1.98. The van der Waals surface area contributed by atoms with Crippen LogP contribution in [0.5, 0.6) is 0 Å². The molecule has 4 rings (SSSR count). The topological polar surface area (TPSA) is 12.9 Å². The van der Waals surface area contributed by atoms with Gasteiger partial charge in [-0.25, -0.2) is 0 Å². The minimum absolute atomic E-state index is 0. The first-order valence-corrected chi connectivity index (χ1v) is 7.27. The average Bonchev–Trinajstić information content (AvgIpc) is 2.52. The maximum atomic E-state index is 5.82. The molecule has 0 unspecified atom stereocenters. The van der Waals surface area contributed by atoms with Gasteiger partial charge in [0.15, 0.2) is 0 Å². The summed E-state index contributed by atoms with van der Waals surface area (Å²) in [6, 6.07) is 18.2. The van der Waals surface area contributed by atoms with Gasteiger partial charge in [-0.15, -0.1) is 35.4 Å². The third-order valence-electron chi connectivity index (χ3n) is 4.56. The molecule has 0 saturated heterocycles. The van der Waals surface area contributed by atoms with E-state index >= 15 is 0 Å². The first kappa shape index (κ1) is 15.4. The largest absolute Gasteiger partial charge is 0.301 e. The Bertz CT molecular complexity index is 865. The Kier molecular flexibility index (Phi) is 3.71. The van der Waals surface area contributed by atoms with Gasteiger partial charge in [0, 0.05) is 25.8 Å². The first-order chi connectivity index (χ1) is 10.1. The predicted octanol–water partition coefficient (Wildman–Crippen LogP) is 4.59. The van der Waals surface area contributed by atoms with E-state index in [-0.39, 0.29) is 25.5 Å². The summed E-state index contributed by atoms with van der Waals surface area (Å²) in [4.78, 5) is 4.80. The fraction of sp³-hybridized carbons (Fsp3) is 0.200. The second kappa shape index (κ2) is 5.30. The van der Waals surface area contributed by atoms with E-state index in [1.54, 1.807) is 0 Å². The van der Waals surface area contributed by atoms with Crippen molar-refractivity contribution in [3.63, 3.8) is 0 Å². The normalized spacial score (nSPS) is 14.3. The zero-order chi connectivity index (χ0) is 14.6. The standard InChI is InChI=1S/C20H16N.Ir/c1-4-14-12-13-8-7-11-17-18(13)19(21-14)15-9-5-6-10-16(15)20(17,2)3;/h1,5-8,10-12H,4H2,2-3H3;/q-1;. The number of hydrogen-bond acceptors (Lipinski definition) is 1. The molecule has 2 aromatic carbocycles. The zero-order valence-corrected chi connectivity index (χ0v) is 15.0. The van der Waals surface area contributed by atoms with Crippen molar-refractivity contribution in [1.29, 1.82) is 0 Å². The van der Waals surface area contributed by atoms with Crippen molar-refractivity contribution < 1.29 is 20.1 Å². The van der Waals surface area contributed by atoms with Gasteiger partial charge in [0.05, 0.1) is 0 Å². The molecule has 0 N–H and O–H groups in total. The Morgan fingerprint density at radius 1 is 1.14 bits per heavy atom. The molecule has 2 heteroatoms. The van der Waals surface area contributed by atoms with Crippen LogP contribution in [-0.2, 0) is 31.9 Å². The van der Waals surface area contributed by atoms with Gasteiger partial charge in [-0.2, -0.15) is 0 Å². The number of hydrogen-bond donors (Lipinski definition) is 0. The molecule has 0 amide bonds. The van der Waals surface area contributed by atoms with Crippen molar-refractivity contribution in [2.45, 2.75) is 25.7 Å². The Hall–Kier alpha value is -1.50. The molecule has 111 valence electrons. The smallest absolute Gasteiger partial charge is 0.0306 e. The summed E-state index contributed by atoms with van der Waals surface area (Å²) in [5.41, 5.74) is 5.65. The molecule has 0 bridgehead atoms. The summed E-state index contributed by atoms with van der Waals surface area (Å²) in [5.74, 6) is 0. The number of rotatable bonds is 1. The maximum Gasteiger partial charge on any atom is 0.0306 e. The summed E-state index contributed by atoms with van der Waals surface area (Å²) < 4.78 is 0. The predicted molar refractivity (Wildman–Crippen MR) is 86.1 cm³/mol. The van der Waals surface area contributed by atoms with Gasteiger partial charge in [0.2, 0.25) is 0 Å². The van der Waals surface area contributed by atoms with Crippen molar-refractivity contribution in [1.82, 2.24) is 4.98 Å². The van der Waals surface area contributed by atoms with Gasteiger partial charge < -0.3 is 4.98 Å². The fourth-order valence-electron chi connectivity index (χ4n) is 3.47. The molecule has 0 atom stereocenters. The van der Waals surface area contributed by atoms with E-state index < -0.39 is 0 Å². The SMILES string of the molecule is [CH]Cc1cc2cccc3c2c(n1)-c1[c-]cccc1C3(C)C.[Ir]. The van der Waals surface area contributed by atoms with Crippen molar-refractivity contribution in [3.8, 4) is 11.3 Å². The minimum atomic E-state index is -0.0362. The number of pyridine rings is 1. The monoisotopic (exact) mass is 463 g/mol. The second-order valence-corrected chi connectivity index (χ2v) is 6.15. The molecule has 0 fully saturated rings. The van der Waals surface area contributed by atoms with Crippen LogP contribution >= 0.6 is 0 Å². The number of nitrogens with zero attached hydrogens (tertiary/aromatic N) is 1. The van der Waals surface area contributed by atoms with E-state index in [2.05, 4.69) is 56.3 Å². The molecule has 3 radical (unpaired) electrons. The molecular formula is C20H16IrN-. The fourth-order valence-corrected chi connectivity index (χ4v) is 3.47. The van der Waals surface area contributed by atoms with E-state index in [1.165, 1.54) is 21.9 Å². The molecule has 0 saturated carbocycles. The summed E-state index contributed by atoms with van der Waals surface area (Å²) in [5, 5.41) is 2.46. The molecule has 0 spiro atoms. The molecule has 3 aromatic rings. The van der Waals surface area contributed by atoms with E-state index in [4.69, 9.17) is 11.9 Å². The van der Waals surface area contributed by atoms with Crippen molar-refractivity contribution in [3.05, 3.63) is 72.3 Å². The first-order valence-electron chi connectivity index (χ1n) is 7.27. The van der Waals surface area contributed by atoms with E-state index in [0.29, 0.717) is 6.42 Å². The Morgan fingerprint density at radius 3 is 2.68 bits per heavy atom. The summed E-state index contributed by atoms with van der Waals surface area (Å²) in [6.07, 6.45) is 0.457. The van der Waals surface area contributed by atoms with Crippen LogP contribution in [0.2, 0.25) is 0 Å². The zero-order valence-electron chi connectivity index (χ0n) is 12.6. The Balaban J connectivity index is 0.00000144. The van der Waals surface area contributed by atoms with Crippen molar-refractivity contribution in [2.24, 2.45) is 0 Å². The van der Waals surface area contributed by atoms with Crippen LogP contribution in [0.3, 0.4) is 0 Å². The average molecular weight is 463 g/mol. The van der Waals surface area contributed by atoms with E-state index in [1.807, 2.05) is 6.07 Å². The molecule has 1 aliphatic rings. The van der Waals surface area contributed by atoms with Crippen LogP contribution in [0, 0.1) is 13.0 Å². The number of fused-ring (bicyclic) bond motifs is 2. The van der Waals surface area contributed by atoms with Crippen molar-refractivity contribution >= 4 is 10.8 Å². The molecule has 1 aliphatic carbocycles. The number of aromatic nitrogens is 1. The van der Waals surface area contributed by atoms with E-state index in [0.717, 1.165) is 17.0 Å². The van der Waals surface area contributed by atoms with Gasteiger partial charge in [-0.3, -0.25) is 0 Å². The van der Waals surface area contributed by atoms with Gasteiger partial charge >= 0.3 is 0 Å². The van der Waals surface area contributed by atoms with Gasteiger partial charge in [0.1, 0.15) is 0 Å². The van der Waals surface area contributed by atoms with Crippen molar-refractivity contribution in [2.75, 3.05) is 0 Å². The van der Waals surface area contributed by atoms with Gasteiger partial charge in [-0.1, -0.05) is 32.0 Å². The van der Waals surface area contributed by atoms with E-state index in [9.17, 15) is 0 Å². The molecule has 1 nitrogen and oxygen atoms in total. The molecular weight excluding hydrogens is 446 g/mol. The van der Waals surface area contributed by atoms with Crippen LogP contribution in [0.25, 0.3) is 22.0 Å². The molecule has 1 aromatic heterocycles. The maximum absolute atomic E-state index is 5.82. The molecule has 1 heterocycles. The third-order valence-corrected chi connectivity index (χ3v) is 4.56. The van der Waals surface area contributed by atoms with Crippen LogP contribution in [0.4, 0.5) is 0 Å². The molecule has 22 heavy (non-hydrogen) atoms. The van der Waals surface area contributed by atoms with Gasteiger partial charge in [0.25, 0.3) is 0 Å². The quantitative estimate of drug-likeness (QED) is 0.482. The summed E-state index contributed by atoms with van der Waals surface area (Å²) in [7, 11) is 0. The number of benzene rings is 2. The molecule has 0 aliphatic heterocycles. The summed E-state index contributed by atoms with van der Waals surface area (Å²) >= 11 is 0. The van der Waals surface area contributed by atoms with Gasteiger partial charge in [-0.05, 0) is 46.9 Å². The van der Waals surface area contributed by atoms with Crippen LogP contribution < -0.4 is 0 Å². The minimum Gasteiger partial charge on any atom is -0.301 e.